The van der Waals surface area contributed by atoms with Crippen LogP contribution < -0.4 is 15.4 Å². The first-order chi connectivity index (χ1) is 20.2. The molecule has 2 aromatic rings. The van der Waals surface area contributed by atoms with E-state index in [1.54, 1.807) is 6.07 Å². The molecular weight excluding hydrogens is 568 g/mol. The smallest absolute Gasteiger partial charge is 0.399 e. The highest BCUT2D eigenvalue weighted by Gasteiger charge is 2.53. The first kappa shape index (κ1) is 32.2. The Balaban J connectivity index is 1.45. The molecule has 4 unspecified atom stereocenters. The number of benzene rings is 1. The number of hydrogen-bond acceptors (Lipinski definition) is 7. The largest absolute Gasteiger partial charge is 0.414 e. The second-order valence-electron chi connectivity index (χ2n) is 13.0. The van der Waals surface area contributed by atoms with E-state index in [2.05, 4.69) is 10.6 Å². The molecule has 2 fully saturated rings. The number of nitrogens with zero attached hydrogens (tertiary/aromatic N) is 2. The maximum Gasteiger partial charge on any atom is 0.414 e. The second kappa shape index (κ2) is 13.3. The van der Waals surface area contributed by atoms with Gasteiger partial charge in [-0.05, 0) is 48.3 Å². The highest BCUT2D eigenvalue weighted by atomic mass is 32.1. The molecule has 4 atom stereocenters. The van der Waals surface area contributed by atoms with Gasteiger partial charge in [0.1, 0.15) is 18.1 Å². The summed E-state index contributed by atoms with van der Waals surface area (Å²) in [5.41, 5.74) is 0.773. The van der Waals surface area contributed by atoms with Gasteiger partial charge in [0.15, 0.2) is 10.8 Å². The topological polar surface area (TPSA) is 125 Å². The molecule has 43 heavy (non-hydrogen) atoms. The molecule has 4 rings (SSSR count). The Morgan fingerprint density at radius 3 is 2.28 bits per heavy atom. The van der Waals surface area contributed by atoms with Gasteiger partial charge in [0.25, 0.3) is 0 Å². The molecule has 2 N–H and O–H groups in total. The summed E-state index contributed by atoms with van der Waals surface area (Å²) in [7, 11) is 0. The van der Waals surface area contributed by atoms with Crippen molar-refractivity contribution in [3.63, 3.8) is 0 Å². The number of thiophene rings is 1. The molecule has 0 saturated carbocycles. The monoisotopic (exact) mass is 610 g/mol. The fourth-order valence-electron chi connectivity index (χ4n) is 5.90. The Hall–Kier alpha value is -3.73. The fourth-order valence-corrected chi connectivity index (χ4v) is 6.76. The van der Waals surface area contributed by atoms with Gasteiger partial charge in [0, 0.05) is 18.3 Å². The van der Waals surface area contributed by atoms with Gasteiger partial charge in [0.05, 0.1) is 12.6 Å². The number of likely N-dealkylation sites (tertiary alicyclic amines) is 2. The maximum atomic E-state index is 13.8. The Bertz CT molecular complexity index is 1350. The van der Waals surface area contributed by atoms with E-state index in [9.17, 15) is 24.0 Å². The van der Waals surface area contributed by atoms with Gasteiger partial charge < -0.3 is 25.2 Å². The first-order valence-corrected chi connectivity index (χ1v) is 15.6. The van der Waals surface area contributed by atoms with E-state index in [1.165, 1.54) is 28.1 Å². The molecule has 232 valence electrons. The van der Waals surface area contributed by atoms with Crippen molar-refractivity contribution in [3.05, 3.63) is 42.5 Å². The van der Waals surface area contributed by atoms with Crippen molar-refractivity contribution < 1.29 is 28.7 Å². The lowest BCUT2D eigenvalue weighted by Gasteiger charge is -2.31. The van der Waals surface area contributed by atoms with E-state index in [0.29, 0.717) is 24.3 Å². The number of carbonyl (C=O) groups is 5. The lowest BCUT2D eigenvalue weighted by Crippen LogP contribution is -2.54. The third-order valence-corrected chi connectivity index (χ3v) is 8.62. The summed E-state index contributed by atoms with van der Waals surface area (Å²) < 4.78 is 5.54. The van der Waals surface area contributed by atoms with Crippen LogP contribution in [0.4, 0.5) is 4.79 Å². The van der Waals surface area contributed by atoms with Crippen molar-refractivity contribution >= 4 is 40.9 Å². The summed E-state index contributed by atoms with van der Waals surface area (Å²) in [5, 5.41) is 5.88. The molecule has 0 bridgehead atoms. The van der Waals surface area contributed by atoms with Crippen molar-refractivity contribution in [3.8, 4) is 15.5 Å². The quantitative estimate of drug-likeness (QED) is 0.438. The minimum Gasteiger partial charge on any atom is -0.399 e. The van der Waals surface area contributed by atoms with Gasteiger partial charge in [0.2, 0.25) is 17.7 Å². The molecule has 0 spiro atoms. The molecule has 2 saturated heterocycles. The van der Waals surface area contributed by atoms with Crippen molar-refractivity contribution in [2.45, 2.75) is 85.0 Å². The molecule has 2 aliphatic rings. The van der Waals surface area contributed by atoms with E-state index in [4.69, 9.17) is 4.74 Å². The summed E-state index contributed by atoms with van der Waals surface area (Å²) in [6.45, 7) is 11.4. The highest BCUT2D eigenvalue weighted by Crippen LogP contribution is 2.34. The number of nitrogens with one attached hydrogen (secondary N) is 2. The standard InChI is InChI=1S/C32H42N4O6S/c1-19(2)16-22(34-31(41)42-27-13-12-26(43-27)21-10-8-7-9-11-21)29(39)35-15-14-24-28(35)25(38)18-36(24)30(40)23(33-20(3)37)17-32(4,5)6/h7-13,19,22-24,28H,14-18H2,1-6H3,(H,33,37)(H,34,41). The van der Waals surface area contributed by atoms with Crippen LogP contribution in [-0.2, 0) is 19.2 Å². The van der Waals surface area contributed by atoms with Crippen LogP contribution in [-0.4, -0.2) is 76.7 Å². The number of Topliss-reactive ketones (excluding diaryl/α,β-unsaturated/α-hetero) is 1. The number of ketones is 1. The van der Waals surface area contributed by atoms with Crippen LogP contribution in [0.3, 0.4) is 0 Å². The van der Waals surface area contributed by atoms with Crippen LogP contribution in [0.25, 0.3) is 10.4 Å². The second-order valence-corrected chi connectivity index (χ2v) is 14.0. The van der Waals surface area contributed by atoms with Gasteiger partial charge in [-0.3, -0.25) is 19.2 Å². The zero-order chi connectivity index (χ0) is 31.5. The summed E-state index contributed by atoms with van der Waals surface area (Å²) in [4.78, 5) is 69.5. The van der Waals surface area contributed by atoms with E-state index >= 15 is 0 Å². The van der Waals surface area contributed by atoms with Crippen LogP contribution in [0.1, 0.15) is 60.8 Å². The van der Waals surface area contributed by atoms with Crippen molar-refractivity contribution in [1.29, 1.82) is 0 Å². The molecular formula is C32H42N4O6S. The number of amides is 4. The number of hydrogen-bond donors (Lipinski definition) is 2. The maximum absolute atomic E-state index is 13.8. The average molecular weight is 611 g/mol. The van der Waals surface area contributed by atoms with Crippen molar-refractivity contribution in [1.82, 2.24) is 20.4 Å². The molecule has 1 aromatic heterocycles. The Morgan fingerprint density at radius 2 is 1.65 bits per heavy atom. The van der Waals surface area contributed by atoms with Crippen LogP contribution in [0.15, 0.2) is 42.5 Å². The summed E-state index contributed by atoms with van der Waals surface area (Å²) >= 11 is 1.33. The molecule has 1 aromatic carbocycles. The van der Waals surface area contributed by atoms with Gasteiger partial charge in [-0.1, -0.05) is 76.3 Å². The average Bonchev–Trinajstić information content (AvgIpc) is 3.64. The Kier molecular flexibility index (Phi) is 9.94. The van der Waals surface area contributed by atoms with Crippen molar-refractivity contribution in [2.75, 3.05) is 13.1 Å². The van der Waals surface area contributed by atoms with E-state index < -0.39 is 30.3 Å². The molecule has 0 radical (unpaired) electrons. The molecule has 0 aliphatic carbocycles. The zero-order valence-corrected chi connectivity index (χ0v) is 26.5. The SMILES string of the molecule is CC(=O)NC(CC(C)(C)C)C(=O)N1CC(=O)C2C1CCN2C(=O)C(CC(C)C)NC(=O)Oc1ccc(-c2ccccc2)s1. The summed E-state index contributed by atoms with van der Waals surface area (Å²) in [6, 6.07) is 10.4. The molecule has 10 nitrogen and oxygen atoms in total. The third kappa shape index (κ3) is 8.01. The number of fused-ring (bicyclic) bond motifs is 1. The van der Waals surface area contributed by atoms with Crippen LogP contribution in [0, 0.1) is 11.3 Å². The van der Waals surface area contributed by atoms with Crippen LogP contribution >= 0.6 is 11.3 Å². The van der Waals surface area contributed by atoms with Crippen molar-refractivity contribution in [2.24, 2.45) is 11.3 Å². The molecule has 2 aliphatic heterocycles. The minimum absolute atomic E-state index is 0.0761. The van der Waals surface area contributed by atoms with Crippen LogP contribution in [0.2, 0.25) is 0 Å². The summed E-state index contributed by atoms with van der Waals surface area (Å²) in [5.74, 6) is -1.15. The Labute approximate surface area is 257 Å². The van der Waals surface area contributed by atoms with Crippen LogP contribution in [0.5, 0.6) is 5.06 Å². The lowest BCUT2D eigenvalue weighted by molar-refractivity contribution is -0.138. The van der Waals surface area contributed by atoms with E-state index in [-0.39, 0.29) is 47.9 Å². The van der Waals surface area contributed by atoms with E-state index in [1.807, 2.05) is 71.0 Å². The predicted molar refractivity (Wildman–Crippen MR) is 164 cm³/mol. The Morgan fingerprint density at radius 1 is 0.977 bits per heavy atom. The van der Waals surface area contributed by atoms with E-state index in [0.717, 1.165) is 10.4 Å². The fraction of sp³-hybridized carbons (Fsp3) is 0.531. The summed E-state index contributed by atoms with van der Waals surface area (Å²) in [6.07, 6.45) is 0.461. The lowest BCUT2D eigenvalue weighted by atomic mass is 9.87. The first-order valence-electron chi connectivity index (χ1n) is 14.8. The van der Waals surface area contributed by atoms with Gasteiger partial charge >= 0.3 is 6.09 Å². The molecule has 4 amide bonds. The van der Waals surface area contributed by atoms with Gasteiger partial charge in [-0.25, -0.2) is 4.79 Å². The molecule has 11 heteroatoms. The highest BCUT2D eigenvalue weighted by molar-refractivity contribution is 7.17. The number of ether oxygens (including phenoxy) is 1. The number of carbonyl (C=O) groups excluding carboxylic acids is 5. The third-order valence-electron chi connectivity index (χ3n) is 7.61. The normalized spacial score (nSPS) is 19.7. The van der Waals surface area contributed by atoms with Gasteiger partial charge in [-0.15, -0.1) is 0 Å². The molecule has 3 heterocycles. The minimum atomic E-state index is -0.898. The predicted octanol–water partition coefficient (Wildman–Crippen LogP) is 4.24. The zero-order valence-electron chi connectivity index (χ0n) is 25.7. The van der Waals surface area contributed by atoms with Gasteiger partial charge in [-0.2, -0.15) is 0 Å². The number of rotatable bonds is 9.